The van der Waals surface area contributed by atoms with Gasteiger partial charge in [-0.3, -0.25) is 10.1 Å². The van der Waals surface area contributed by atoms with E-state index < -0.39 is 4.92 Å². The van der Waals surface area contributed by atoms with Gasteiger partial charge < -0.3 is 9.73 Å². The van der Waals surface area contributed by atoms with Crippen LogP contribution in [0.5, 0.6) is 0 Å². The lowest BCUT2D eigenvalue weighted by molar-refractivity contribution is -0.402. The molecule has 0 bridgehead atoms. The molecule has 5 nitrogen and oxygen atoms in total. The van der Waals surface area contributed by atoms with Gasteiger partial charge in [-0.05, 0) is 26.8 Å². The minimum atomic E-state index is -0.527. The van der Waals surface area contributed by atoms with E-state index in [1.807, 2.05) is 0 Å². The highest BCUT2D eigenvalue weighted by atomic mass is 16.6. The molecule has 0 unspecified atom stereocenters. The lowest BCUT2D eigenvalue weighted by Crippen LogP contribution is -2.37. The molecule has 0 saturated carbocycles. The summed E-state index contributed by atoms with van der Waals surface area (Å²) in [4.78, 5) is 9.82. The summed E-state index contributed by atoms with van der Waals surface area (Å²) in [7, 11) is 0. The number of hydrogen-bond acceptors (Lipinski definition) is 4. The first-order valence-electron chi connectivity index (χ1n) is 4.86. The van der Waals surface area contributed by atoms with Crippen molar-refractivity contribution in [2.75, 3.05) is 6.54 Å². The molecule has 0 saturated heterocycles. The Morgan fingerprint density at radius 1 is 1.47 bits per heavy atom. The van der Waals surface area contributed by atoms with Crippen LogP contribution < -0.4 is 5.32 Å². The van der Waals surface area contributed by atoms with Crippen LogP contribution in [-0.4, -0.2) is 17.0 Å². The van der Waals surface area contributed by atoms with Gasteiger partial charge >= 0.3 is 5.88 Å². The topological polar surface area (TPSA) is 68.3 Å². The second-order valence-corrected chi connectivity index (χ2v) is 4.42. The maximum absolute atomic E-state index is 10.3. The van der Waals surface area contributed by atoms with E-state index in [9.17, 15) is 10.1 Å². The molecule has 0 atom stereocenters. The molecule has 0 fully saturated rings. The van der Waals surface area contributed by atoms with Crippen LogP contribution in [0.15, 0.2) is 16.5 Å². The Morgan fingerprint density at radius 2 is 2.13 bits per heavy atom. The molecule has 0 aliphatic rings. The maximum Gasteiger partial charge on any atom is 0.433 e. The molecule has 5 heteroatoms. The van der Waals surface area contributed by atoms with Crippen molar-refractivity contribution >= 4 is 5.88 Å². The number of nitro groups is 1. The Balaban J connectivity index is 2.41. The average molecular weight is 212 g/mol. The van der Waals surface area contributed by atoms with Crippen LogP contribution in [0.1, 0.15) is 26.5 Å². The second kappa shape index (κ2) is 4.44. The smallest absolute Gasteiger partial charge is 0.406 e. The van der Waals surface area contributed by atoms with Gasteiger partial charge in [-0.25, -0.2) is 0 Å². The molecule has 1 rings (SSSR count). The minimum Gasteiger partial charge on any atom is -0.406 e. The number of nitrogens with one attached hydrogen (secondary N) is 1. The summed E-state index contributed by atoms with van der Waals surface area (Å²) < 4.78 is 5.02. The number of rotatable bonds is 4. The molecule has 1 aromatic heterocycles. The van der Waals surface area contributed by atoms with Crippen LogP contribution in [0.2, 0.25) is 0 Å². The van der Waals surface area contributed by atoms with Crippen molar-refractivity contribution in [2.24, 2.45) is 0 Å². The predicted molar refractivity (Wildman–Crippen MR) is 56.8 cm³/mol. The first-order valence-corrected chi connectivity index (χ1v) is 4.86. The third-order valence-electron chi connectivity index (χ3n) is 1.85. The van der Waals surface area contributed by atoms with E-state index >= 15 is 0 Å². The van der Waals surface area contributed by atoms with Gasteiger partial charge in [0.2, 0.25) is 0 Å². The number of furan rings is 1. The Hall–Kier alpha value is -1.36. The van der Waals surface area contributed by atoms with Gasteiger partial charge in [0.1, 0.15) is 10.7 Å². The van der Waals surface area contributed by atoms with Crippen molar-refractivity contribution < 1.29 is 9.34 Å². The molecule has 84 valence electrons. The fourth-order valence-corrected chi connectivity index (χ4v) is 1.16. The van der Waals surface area contributed by atoms with E-state index in [1.165, 1.54) is 6.07 Å². The van der Waals surface area contributed by atoms with Gasteiger partial charge in [-0.15, -0.1) is 0 Å². The standard InChI is InChI=1S/C10H16N2O3/c1-10(2,3)11-7-6-8-4-5-9(15-8)12(13)14/h4-5,11H,6-7H2,1-3H3. The summed E-state index contributed by atoms with van der Waals surface area (Å²) >= 11 is 0. The number of hydrogen-bond donors (Lipinski definition) is 1. The van der Waals surface area contributed by atoms with Crippen molar-refractivity contribution in [1.82, 2.24) is 5.32 Å². The maximum atomic E-state index is 10.3. The van der Waals surface area contributed by atoms with Gasteiger partial charge in [0.05, 0.1) is 6.07 Å². The highest BCUT2D eigenvalue weighted by Crippen LogP contribution is 2.15. The zero-order valence-electron chi connectivity index (χ0n) is 9.24. The van der Waals surface area contributed by atoms with Crippen LogP contribution in [0.4, 0.5) is 5.88 Å². The predicted octanol–water partition coefficient (Wildman–Crippen LogP) is 2.12. The zero-order valence-corrected chi connectivity index (χ0v) is 9.24. The van der Waals surface area contributed by atoms with Crippen LogP contribution in [0, 0.1) is 10.1 Å². The largest absolute Gasteiger partial charge is 0.433 e. The van der Waals surface area contributed by atoms with E-state index in [0.717, 1.165) is 6.54 Å². The molecule has 0 aliphatic carbocycles. The fourth-order valence-electron chi connectivity index (χ4n) is 1.16. The van der Waals surface area contributed by atoms with Gasteiger partial charge in [0.25, 0.3) is 0 Å². The van der Waals surface area contributed by atoms with E-state index in [0.29, 0.717) is 12.2 Å². The van der Waals surface area contributed by atoms with E-state index in [2.05, 4.69) is 26.1 Å². The van der Waals surface area contributed by atoms with Gasteiger partial charge in [-0.2, -0.15) is 0 Å². The lowest BCUT2D eigenvalue weighted by Gasteiger charge is -2.19. The van der Waals surface area contributed by atoms with Gasteiger partial charge in [-0.1, -0.05) is 0 Å². The van der Waals surface area contributed by atoms with Crippen LogP contribution >= 0.6 is 0 Å². The van der Waals surface area contributed by atoms with Crippen molar-refractivity contribution in [2.45, 2.75) is 32.7 Å². The molecular weight excluding hydrogens is 196 g/mol. The molecule has 0 spiro atoms. The molecular formula is C10H16N2O3. The third-order valence-corrected chi connectivity index (χ3v) is 1.85. The first kappa shape index (κ1) is 11.7. The van der Waals surface area contributed by atoms with E-state index in [4.69, 9.17) is 4.42 Å². The molecule has 1 N–H and O–H groups in total. The fraction of sp³-hybridized carbons (Fsp3) is 0.600. The van der Waals surface area contributed by atoms with Crippen molar-refractivity contribution in [3.8, 4) is 0 Å². The third kappa shape index (κ3) is 4.12. The summed E-state index contributed by atoms with van der Waals surface area (Å²) in [6.07, 6.45) is 0.658. The minimum absolute atomic E-state index is 0.0541. The molecule has 1 heterocycles. The zero-order chi connectivity index (χ0) is 11.5. The monoisotopic (exact) mass is 212 g/mol. The molecule has 1 aromatic rings. The van der Waals surface area contributed by atoms with Crippen LogP contribution in [0.3, 0.4) is 0 Å². The highest BCUT2D eigenvalue weighted by molar-refractivity contribution is 5.17. The molecule has 0 amide bonds. The van der Waals surface area contributed by atoms with Crippen LogP contribution in [-0.2, 0) is 6.42 Å². The summed E-state index contributed by atoms with van der Waals surface area (Å²) in [5, 5.41) is 13.6. The molecule has 15 heavy (non-hydrogen) atoms. The Labute approximate surface area is 88.6 Å². The Morgan fingerprint density at radius 3 is 2.60 bits per heavy atom. The quantitative estimate of drug-likeness (QED) is 0.613. The normalized spacial score (nSPS) is 11.7. The van der Waals surface area contributed by atoms with Crippen molar-refractivity contribution in [3.05, 3.63) is 28.0 Å². The molecule has 0 radical (unpaired) electrons. The van der Waals surface area contributed by atoms with E-state index in [1.54, 1.807) is 6.07 Å². The summed E-state index contributed by atoms with van der Waals surface area (Å²) in [5.74, 6) is 0.444. The summed E-state index contributed by atoms with van der Waals surface area (Å²) in [6.45, 7) is 6.95. The van der Waals surface area contributed by atoms with E-state index in [-0.39, 0.29) is 11.4 Å². The molecule has 0 aliphatic heterocycles. The molecule has 0 aromatic carbocycles. The SMILES string of the molecule is CC(C)(C)NCCc1ccc([N+](=O)[O-])o1. The number of nitrogens with zero attached hydrogens (tertiary/aromatic N) is 1. The van der Waals surface area contributed by atoms with Gasteiger partial charge in [0, 0.05) is 18.5 Å². The Kier molecular flexibility index (Phi) is 3.47. The first-order chi connectivity index (χ1) is 6.88. The van der Waals surface area contributed by atoms with Crippen molar-refractivity contribution in [1.29, 1.82) is 0 Å². The lowest BCUT2D eigenvalue weighted by atomic mass is 10.1. The summed E-state index contributed by atoms with van der Waals surface area (Å²) in [5.41, 5.74) is 0.0541. The summed E-state index contributed by atoms with van der Waals surface area (Å²) in [6, 6.07) is 3.02. The van der Waals surface area contributed by atoms with Gasteiger partial charge in [0.15, 0.2) is 0 Å². The van der Waals surface area contributed by atoms with Crippen LogP contribution in [0.25, 0.3) is 0 Å². The highest BCUT2D eigenvalue weighted by Gasteiger charge is 2.12. The average Bonchev–Trinajstić information content (AvgIpc) is 2.50. The Bertz CT molecular complexity index is 339. The van der Waals surface area contributed by atoms with Crippen molar-refractivity contribution in [3.63, 3.8) is 0 Å². The second-order valence-electron chi connectivity index (χ2n) is 4.42.